The van der Waals surface area contributed by atoms with Crippen LogP contribution >= 0.6 is 0 Å². The molecular formula is C12H18N4. The van der Waals surface area contributed by atoms with Crippen molar-refractivity contribution in [2.75, 3.05) is 18.0 Å². The number of hydrogen-bond donors (Lipinski definition) is 2. The van der Waals surface area contributed by atoms with Crippen LogP contribution in [-0.4, -0.2) is 19.0 Å². The summed E-state index contributed by atoms with van der Waals surface area (Å²) >= 11 is 0. The van der Waals surface area contributed by atoms with E-state index in [1.165, 1.54) is 11.3 Å². The van der Waals surface area contributed by atoms with Crippen LogP contribution < -0.4 is 16.2 Å². The van der Waals surface area contributed by atoms with Crippen molar-refractivity contribution in [3.05, 3.63) is 29.8 Å². The Morgan fingerprint density at radius 1 is 1.50 bits per heavy atom. The molecule has 0 aliphatic carbocycles. The molecular weight excluding hydrogens is 200 g/mol. The first kappa shape index (κ1) is 11.0. The van der Waals surface area contributed by atoms with E-state index in [1.807, 2.05) is 6.92 Å². The summed E-state index contributed by atoms with van der Waals surface area (Å²) in [6, 6.07) is 8.42. The van der Waals surface area contributed by atoms with Gasteiger partial charge in [0.1, 0.15) is 0 Å². The maximum Gasteiger partial charge on any atom is 0.212 e. The van der Waals surface area contributed by atoms with Crippen LogP contribution in [0.2, 0.25) is 0 Å². The van der Waals surface area contributed by atoms with Crippen LogP contribution in [0.5, 0.6) is 0 Å². The Hall–Kier alpha value is -1.55. The summed E-state index contributed by atoms with van der Waals surface area (Å²) in [7, 11) is 0. The minimum absolute atomic E-state index is 0.734. The van der Waals surface area contributed by atoms with Crippen LogP contribution in [-0.2, 0) is 6.42 Å². The number of hydrazine groups is 1. The van der Waals surface area contributed by atoms with E-state index >= 15 is 0 Å². The number of hydrogen-bond acceptors (Lipinski definition) is 2. The molecule has 0 atom stereocenters. The van der Waals surface area contributed by atoms with E-state index in [2.05, 4.69) is 39.6 Å². The molecule has 0 saturated heterocycles. The molecule has 86 valence electrons. The summed E-state index contributed by atoms with van der Waals surface area (Å²) in [5, 5.41) is 0. The summed E-state index contributed by atoms with van der Waals surface area (Å²) in [6.07, 6.45) is 2.28. The first-order valence-corrected chi connectivity index (χ1v) is 5.73. The number of nitrogens with two attached hydrogens (primary N) is 1. The number of nitrogens with zero attached hydrogens (tertiary/aromatic N) is 2. The monoisotopic (exact) mass is 218 g/mol. The molecule has 0 radical (unpaired) electrons. The van der Waals surface area contributed by atoms with Crippen LogP contribution in [0.15, 0.2) is 29.3 Å². The third kappa shape index (κ3) is 2.02. The number of benzene rings is 1. The maximum atomic E-state index is 5.52. The van der Waals surface area contributed by atoms with Crippen LogP contribution in [0.1, 0.15) is 18.9 Å². The van der Waals surface area contributed by atoms with Crippen molar-refractivity contribution in [1.82, 2.24) is 5.43 Å². The van der Waals surface area contributed by atoms with Gasteiger partial charge in [-0.05, 0) is 31.4 Å². The van der Waals surface area contributed by atoms with Gasteiger partial charge >= 0.3 is 0 Å². The van der Waals surface area contributed by atoms with Gasteiger partial charge in [0.25, 0.3) is 0 Å². The molecule has 4 heteroatoms. The Labute approximate surface area is 96.1 Å². The predicted molar refractivity (Wildman–Crippen MR) is 67.4 cm³/mol. The van der Waals surface area contributed by atoms with Gasteiger partial charge < -0.3 is 4.90 Å². The van der Waals surface area contributed by atoms with Crippen LogP contribution in [0.4, 0.5) is 5.69 Å². The van der Waals surface area contributed by atoms with Crippen LogP contribution in [0, 0.1) is 0 Å². The molecule has 0 aromatic heterocycles. The first-order valence-electron chi connectivity index (χ1n) is 5.73. The molecule has 0 spiro atoms. The molecule has 1 heterocycles. The lowest BCUT2D eigenvalue weighted by atomic mass is 10.0. The molecule has 0 saturated carbocycles. The van der Waals surface area contributed by atoms with Gasteiger partial charge in [-0.2, -0.15) is 0 Å². The molecule has 2 rings (SSSR count). The van der Waals surface area contributed by atoms with Gasteiger partial charge in [0, 0.05) is 18.8 Å². The Balaban J connectivity index is 2.34. The summed E-state index contributed by atoms with van der Waals surface area (Å²) in [5.74, 6) is 6.28. The van der Waals surface area contributed by atoms with E-state index in [9.17, 15) is 0 Å². The number of nitrogens with one attached hydrogen (secondary N) is 1. The Morgan fingerprint density at radius 2 is 2.31 bits per heavy atom. The average molecular weight is 218 g/mol. The second-order valence-electron chi connectivity index (χ2n) is 3.83. The van der Waals surface area contributed by atoms with Crippen molar-refractivity contribution in [3.8, 4) is 0 Å². The molecule has 0 unspecified atom stereocenters. The van der Waals surface area contributed by atoms with E-state index in [-0.39, 0.29) is 0 Å². The number of fused-ring (bicyclic) bond motifs is 1. The van der Waals surface area contributed by atoms with Crippen molar-refractivity contribution in [3.63, 3.8) is 0 Å². The fourth-order valence-electron chi connectivity index (χ4n) is 2.11. The van der Waals surface area contributed by atoms with Gasteiger partial charge in [-0.25, -0.2) is 5.84 Å². The molecule has 0 bridgehead atoms. The summed E-state index contributed by atoms with van der Waals surface area (Å²) in [6.45, 7) is 3.71. The SMILES string of the molecule is CCN=C(NN)N1CCCc2ccccc21. The molecule has 4 nitrogen and oxygen atoms in total. The number of aliphatic imine (C=N–C) groups is 1. The van der Waals surface area contributed by atoms with Gasteiger partial charge in [0.2, 0.25) is 5.96 Å². The van der Waals surface area contributed by atoms with E-state index < -0.39 is 0 Å². The molecule has 1 aromatic carbocycles. The molecule has 3 N–H and O–H groups in total. The van der Waals surface area contributed by atoms with E-state index in [0.29, 0.717) is 0 Å². The van der Waals surface area contributed by atoms with Gasteiger partial charge in [-0.1, -0.05) is 18.2 Å². The molecule has 0 amide bonds. The topological polar surface area (TPSA) is 53.6 Å². The fourth-order valence-corrected chi connectivity index (χ4v) is 2.11. The minimum Gasteiger partial charge on any atom is -0.311 e. The Bertz CT molecular complexity index is 386. The van der Waals surface area contributed by atoms with E-state index in [1.54, 1.807) is 0 Å². The number of aryl methyl sites for hydroxylation is 1. The van der Waals surface area contributed by atoms with Gasteiger partial charge in [-0.3, -0.25) is 10.4 Å². The van der Waals surface area contributed by atoms with Crippen molar-refractivity contribution >= 4 is 11.6 Å². The number of para-hydroxylation sites is 1. The fraction of sp³-hybridized carbons (Fsp3) is 0.417. The smallest absolute Gasteiger partial charge is 0.212 e. The van der Waals surface area contributed by atoms with Crippen molar-refractivity contribution < 1.29 is 0 Å². The summed E-state index contributed by atoms with van der Waals surface area (Å²) in [5.41, 5.74) is 5.28. The molecule has 1 aliphatic heterocycles. The van der Waals surface area contributed by atoms with Gasteiger partial charge in [-0.15, -0.1) is 0 Å². The zero-order valence-electron chi connectivity index (χ0n) is 9.61. The second kappa shape index (κ2) is 4.99. The highest BCUT2D eigenvalue weighted by atomic mass is 15.4. The molecule has 1 aliphatic rings. The zero-order chi connectivity index (χ0) is 11.4. The third-order valence-electron chi connectivity index (χ3n) is 2.80. The van der Waals surface area contributed by atoms with Gasteiger partial charge in [0.15, 0.2) is 0 Å². The Morgan fingerprint density at radius 3 is 3.06 bits per heavy atom. The number of rotatable bonds is 1. The summed E-state index contributed by atoms with van der Waals surface area (Å²) < 4.78 is 0. The average Bonchev–Trinajstić information content (AvgIpc) is 2.35. The lowest BCUT2D eigenvalue weighted by Crippen LogP contribution is -2.47. The number of anilines is 1. The quantitative estimate of drug-likeness (QED) is 0.323. The highest BCUT2D eigenvalue weighted by Crippen LogP contribution is 2.26. The predicted octanol–water partition coefficient (Wildman–Crippen LogP) is 1.28. The highest BCUT2D eigenvalue weighted by molar-refractivity contribution is 5.96. The normalized spacial score (nSPS) is 15.9. The molecule has 0 fully saturated rings. The summed E-state index contributed by atoms with van der Waals surface area (Å²) in [4.78, 5) is 6.53. The standard InChI is InChI=1S/C12H18N4/c1-2-14-12(15-13)16-9-5-7-10-6-3-4-8-11(10)16/h3-4,6,8H,2,5,7,9,13H2,1H3,(H,14,15). The third-order valence-corrected chi connectivity index (χ3v) is 2.80. The second-order valence-corrected chi connectivity index (χ2v) is 3.83. The van der Waals surface area contributed by atoms with Crippen LogP contribution in [0.3, 0.4) is 0 Å². The Kier molecular flexibility index (Phi) is 3.41. The van der Waals surface area contributed by atoms with E-state index in [4.69, 9.17) is 5.84 Å². The van der Waals surface area contributed by atoms with Crippen LogP contribution in [0.25, 0.3) is 0 Å². The first-order chi connectivity index (χ1) is 7.86. The minimum atomic E-state index is 0.734. The maximum absolute atomic E-state index is 5.52. The molecule has 1 aromatic rings. The van der Waals surface area contributed by atoms with Crippen molar-refractivity contribution in [2.45, 2.75) is 19.8 Å². The van der Waals surface area contributed by atoms with E-state index in [0.717, 1.165) is 31.9 Å². The lowest BCUT2D eigenvalue weighted by Gasteiger charge is -2.31. The van der Waals surface area contributed by atoms with Crippen molar-refractivity contribution in [2.24, 2.45) is 10.8 Å². The lowest BCUT2D eigenvalue weighted by molar-refractivity contribution is 0.759. The highest BCUT2D eigenvalue weighted by Gasteiger charge is 2.19. The zero-order valence-corrected chi connectivity index (χ0v) is 9.61. The molecule has 16 heavy (non-hydrogen) atoms. The van der Waals surface area contributed by atoms with Crippen molar-refractivity contribution in [1.29, 1.82) is 0 Å². The van der Waals surface area contributed by atoms with Gasteiger partial charge in [0.05, 0.1) is 0 Å². The number of guanidine groups is 1. The largest absolute Gasteiger partial charge is 0.311 e.